The predicted molar refractivity (Wildman–Crippen MR) is 86.5 cm³/mol. The Balaban J connectivity index is 2.07. The van der Waals surface area contributed by atoms with Gasteiger partial charge in [0.05, 0.1) is 22.8 Å². The molecule has 23 heavy (non-hydrogen) atoms. The van der Waals surface area contributed by atoms with Crippen molar-refractivity contribution in [3.63, 3.8) is 0 Å². The van der Waals surface area contributed by atoms with Gasteiger partial charge in [0.2, 0.25) is 0 Å². The van der Waals surface area contributed by atoms with Gasteiger partial charge in [0.15, 0.2) is 9.84 Å². The van der Waals surface area contributed by atoms with Gasteiger partial charge in [0.25, 0.3) is 0 Å². The second-order valence-corrected chi connectivity index (χ2v) is 8.05. The number of hydrogen-bond donors (Lipinski definition) is 1. The van der Waals surface area contributed by atoms with Gasteiger partial charge in [0, 0.05) is 5.92 Å². The third-order valence-corrected chi connectivity index (χ3v) is 6.86. The summed E-state index contributed by atoms with van der Waals surface area (Å²) in [5, 5.41) is 18.4. The fourth-order valence-electron chi connectivity index (χ4n) is 3.22. The maximum atomic E-state index is 12.9. The van der Waals surface area contributed by atoms with Crippen LogP contribution in [0.2, 0.25) is 0 Å². The van der Waals surface area contributed by atoms with Gasteiger partial charge in [-0.15, -0.1) is 0 Å². The third-order valence-electron chi connectivity index (χ3n) is 4.57. The number of benzene rings is 2. The molecule has 2 aromatic rings. The van der Waals surface area contributed by atoms with Crippen LogP contribution in [0.3, 0.4) is 0 Å². The normalized spacial score (nSPS) is 26.5. The van der Waals surface area contributed by atoms with Crippen LogP contribution in [0.4, 0.5) is 0 Å². The number of nitrogens with zero attached hydrogens (tertiary/aromatic N) is 1. The Morgan fingerprint density at radius 2 is 1.74 bits per heavy atom. The van der Waals surface area contributed by atoms with Crippen molar-refractivity contribution in [2.45, 2.75) is 23.0 Å². The average molecular weight is 327 g/mol. The van der Waals surface area contributed by atoms with E-state index < -0.39 is 33.0 Å². The lowest BCUT2D eigenvalue weighted by atomic mass is 10.0. The number of aryl methyl sites for hydroxylation is 1. The topological polar surface area (TPSA) is 78.2 Å². The quantitative estimate of drug-likeness (QED) is 0.935. The summed E-state index contributed by atoms with van der Waals surface area (Å²) in [6.07, 6.45) is 0. The Bertz CT molecular complexity index is 853. The van der Waals surface area contributed by atoms with Gasteiger partial charge < -0.3 is 5.11 Å². The first-order chi connectivity index (χ1) is 11.0. The minimum absolute atomic E-state index is 0.188. The zero-order chi connectivity index (χ0) is 16.7. The largest absolute Gasteiger partial charge is 0.395 e. The summed E-state index contributed by atoms with van der Waals surface area (Å²) >= 11 is 0. The molecule has 0 unspecified atom stereocenters. The summed E-state index contributed by atoms with van der Waals surface area (Å²) in [6.45, 7) is 1.47. The molecule has 1 aliphatic rings. The monoisotopic (exact) mass is 327 g/mol. The van der Waals surface area contributed by atoms with Crippen LogP contribution in [-0.2, 0) is 9.84 Å². The van der Waals surface area contributed by atoms with Crippen LogP contribution in [0.15, 0.2) is 59.5 Å². The molecule has 1 saturated carbocycles. The number of sulfone groups is 1. The van der Waals surface area contributed by atoms with Crippen LogP contribution in [0, 0.1) is 23.7 Å². The maximum absolute atomic E-state index is 12.9. The molecule has 3 rings (SSSR count). The minimum Gasteiger partial charge on any atom is -0.395 e. The number of nitriles is 1. The first-order valence-electron chi connectivity index (χ1n) is 7.35. The van der Waals surface area contributed by atoms with E-state index in [1.54, 1.807) is 18.2 Å². The van der Waals surface area contributed by atoms with E-state index in [1.165, 1.54) is 12.1 Å². The lowest BCUT2D eigenvalue weighted by Crippen LogP contribution is -2.18. The number of aliphatic hydroxyl groups excluding tert-OH is 1. The van der Waals surface area contributed by atoms with Crippen molar-refractivity contribution in [1.29, 1.82) is 5.26 Å². The summed E-state index contributed by atoms with van der Waals surface area (Å²) in [5.41, 5.74) is 0.559. The second kappa shape index (κ2) is 5.48. The summed E-state index contributed by atoms with van der Waals surface area (Å²) < 4.78 is 25.8. The molecule has 118 valence electrons. The molecule has 1 fully saturated rings. The van der Waals surface area contributed by atoms with Gasteiger partial charge in [-0.3, -0.25) is 0 Å². The zero-order valence-electron chi connectivity index (χ0n) is 12.7. The van der Waals surface area contributed by atoms with Crippen LogP contribution in [0.25, 0.3) is 0 Å². The van der Waals surface area contributed by atoms with Crippen molar-refractivity contribution in [2.24, 2.45) is 5.41 Å². The summed E-state index contributed by atoms with van der Waals surface area (Å²) in [7, 11) is -3.69. The lowest BCUT2D eigenvalue weighted by molar-refractivity contribution is 0.242. The van der Waals surface area contributed by atoms with Gasteiger partial charge >= 0.3 is 0 Å². The standard InChI is InChI=1S/C18H17NO3S/c1-13-7-9-14(10-8-13)16-17(18(16,11-19)12-20)23(21,22)15-5-3-2-4-6-15/h2-10,16-17,20H,12H2,1H3/t16-,17-,18-/m1/s1. The molecule has 0 aromatic heterocycles. The van der Waals surface area contributed by atoms with Gasteiger partial charge in [-0.05, 0) is 24.6 Å². The molecular weight excluding hydrogens is 310 g/mol. The first kappa shape index (κ1) is 15.7. The summed E-state index contributed by atoms with van der Waals surface area (Å²) in [4.78, 5) is 0.188. The molecule has 0 bridgehead atoms. The van der Waals surface area contributed by atoms with Crippen LogP contribution < -0.4 is 0 Å². The molecule has 2 aromatic carbocycles. The van der Waals surface area contributed by atoms with Gasteiger partial charge in [-0.2, -0.15) is 5.26 Å². The molecule has 0 amide bonds. The van der Waals surface area contributed by atoms with Gasteiger partial charge in [-0.25, -0.2) is 8.42 Å². The molecule has 1 aliphatic carbocycles. The molecule has 5 heteroatoms. The number of aliphatic hydroxyl groups is 1. The molecule has 0 radical (unpaired) electrons. The van der Waals surface area contributed by atoms with E-state index in [4.69, 9.17) is 0 Å². The highest BCUT2D eigenvalue weighted by molar-refractivity contribution is 7.92. The second-order valence-electron chi connectivity index (χ2n) is 5.98. The van der Waals surface area contributed by atoms with Crippen molar-refractivity contribution in [3.8, 4) is 6.07 Å². The van der Waals surface area contributed by atoms with E-state index in [9.17, 15) is 18.8 Å². The zero-order valence-corrected chi connectivity index (χ0v) is 13.5. The fourth-order valence-corrected chi connectivity index (χ4v) is 5.56. The van der Waals surface area contributed by atoms with Crippen molar-refractivity contribution >= 4 is 9.84 Å². The molecule has 0 spiro atoms. The van der Waals surface area contributed by atoms with E-state index in [0.29, 0.717) is 0 Å². The molecule has 0 saturated heterocycles. The molecule has 0 aliphatic heterocycles. The Labute approximate surface area is 135 Å². The predicted octanol–water partition coefficient (Wildman–Crippen LogP) is 2.44. The third kappa shape index (κ3) is 2.35. The van der Waals surface area contributed by atoms with Crippen LogP contribution in [0.5, 0.6) is 0 Å². The molecular formula is C18H17NO3S. The molecule has 3 atom stereocenters. The number of rotatable bonds is 4. The molecule has 0 heterocycles. The van der Waals surface area contributed by atoms with E-state index >= 15 is 0 Å². The van der Waals surface area contributed by atoms with Crippen molar-refractivity contribution in [1.82, 2.24) is 0 Å². The van der Waals surface area contributed by atoms with E-state index in [1.807, 2.05) is 31.2 Å². The fraction of sp³-hybridized carbons (Fsp3) is 0.278. The Kier molecular flexibility index (Phi) is 3.75. The first-order valence-corrected chi connectivity index (χ1v) is 8.89. The van der Waals surface area contributed by atoms with Crippen LogP contribution >= 0.6 is 0 Å². The lowest BCUT2D eigenvalue weighted by Gasteiger charge is -2.05. The molecule has 1 N–H and O–H groups in total. The highest BCUT2D eigenvalue weighted by Crippen LogP contribution is 2.63. The van der Waals surface area contributed by atoms with E-state index in [-0.39, 0.29) is 4.90 Å². The van der Waals surface area contributed by atoms with E-state index in [0.717, 1.165) is 11.1 Å². The van der Waals surface area contributed by atoms with Crippen LogP contribution in [-0.4, -0.2) is 25.4 Å². The molecule has 4 nitrogen and oxygen atoms in total. The van der Waals surface area contributed by atoms with Crippen molar-refractivity contribution < 1.29 is 13.5 Å². The van der Waals surface area contributed by atoms with Crippen molar-refractivity contribution in [2.75, 3.05) is 6.61 Å². The summed E-state index contributed by atoms with van der Waals surface area (Å²) in [6, 6.07) is 17.6. The van der Waals surface area contributed by atoms with Crippen molar-refractivity contribution in [3.05, 3.63) is 65.7 Å². The highest BCUT2D eigenvalue weighted by atomic mass is 32.2. The Morgan fingerprint density at radius 1 is 1.13 bits per heavy atom. The number of hydrogen-bond acceptors (Lipinski definition) is 4. The Hall–Kier alpha value is -2.16. The van der Waals surface area contributed by atoms with Gasteiger partial charge in [-0.1, -0.05) is 48.0 Å². The van der Waals surface area contributed by atoms with Crippen LogP contribution in [0.1, 0.15) is 17.0 Å². The van der Waals surface area contributed by atoms with E-state index in [2.05, 4.69) is 6.07 Å². The minimum atomic E-state index is -3.69. The Morgan fingerprint density at radius 3 is 2.26 bits per heavy atom. The highest BCUT2D eigenvalue weighted by Gasteiger charge is 2.72. The maximum Gasteiger partial charge on any atom is 0.183 e. The SMILES string of the molecule is Cc1ccc([C@@H]2[C@@H](S(=O)(=O)c3ccccc3)[C@]2(C#N)CO)cc1. The smallest absolute Gasteiger partial charge is 0.183 e. The average Bonchev–Trinajstić information content (AvgIpc) is 3.27. The van der Waals surface area contributed by atoms with Gasteiger partial charge in [0.1, 0.15) is 5.41 Å². The summed E-state index contributed by atoms with van der Waals surface area (Å²) in [5.74, 6) is -0.511.